The Morgan fingerprint density at radius 3 is 3.12 bits per heavy atom. The van der Waals surface area contributed by atoms with Gasteiger partial charge in [-0.1, -0.05) is 13.8 Å². The first-order chi connectivity index (χ1) is 8.15. The molecule has 5 heteroatoms. The zero-order valence-electron chi connectivity index (χ0n) is 10.2. The summed E-state index contributed by atoms with van der Waals surface area (Å²) in [5, 5.41) is 0. The van der Waals surface area contributed by atoms with Gasteiger partial charge in [-0.05, 0) is 12.8 Å². The van der Waals surface area contributed by atoms with Crippen LogP contribution < -0.4 is 10.3 Å². The topological polar surface area (TPSA) is 64.2 Å². The van der Waals surface area contributed by atoms with E-state index in [0.29, 0.717) is 18.3 Å². The maximum absolute atomic E-state index is 11.4. The van der Waals surface area contributed by atoms with Gasteiger partial charge in [-0.2, -0.15) is 4.98 Å². The van der Waals surface area contributed by atoms with Crippen LogP contribution >= 0.6 is 0 Å². The minimum atomic E-state index is -0.175. The zero-order valence-corrected chi connectivity index (χ0v) is 10.2. The Hall–Kier alpha value is -1.36. The molecule has 1 atom stereocenters. The number of H-pyrrole nitrogens is 1. The molecule has 0 spiro atoms. The molecule has 1 unspecified atom stereocenters. The summed E-state index contributed by atoms with van der Waals surface area (Å²) >= 11 is 0. The van der Waals surface area contributed by atoms with Crippen LogP contribution in [0.15, 0.2) is 10.9 Å². The van der Waals surface area contributed by atoms with Crippen LogP contribution in [0.25, 0.3) is 0 Å². The van der Waals surface area contributed by atoms with E-state index in [-0.39, 0.29) is 17.6 Å². The van der Waals surface area contributed by atoms with Crippen molar-refractivity contribution in [3.05, 3.63) is 22.2 Å². The summed E-state index contributed by atoms with van der Waals surface area (Å²) in [6.45, 7) is 5.21. The van der Waals surface area contributed by atoms with Gasteiger partial charge >= 0.3 is 0 Å². The van der Waals surface area contributed by atoms with E-state index in [1.807, 2.05) is 13.8 Å². The number of rotatable bonds is 4. The van der Waals surface area contributed by atoms with Gasteiger partial charge in [0, 0.05) is 12.5 Å². The van der Waals surface area contributed by atoms with E-state index in [1.165, 1.54) is 6.07 Å². The molecule has 0 radical (unpaired) electrons. The second kappa shape index (κ2) is 5.31. The molecule has 1 aliphatic heterocycles. The monoisotopic (exact) mass is 238 g/mol. The average molecular weight is 238 g/mol. The van der Waals surface area contributed by atoms with E-state index in [9.17, 15) is 4.79 Å². The van der Waals surface area contributed by atoms with Crippen molar-refractivity contribution in [1.82, 2.24) is 9.97 Å². The lowest BCUT2D eigenvalue weighted by Gasteiger charge is -2.11. The van der Waals surface area contributed by atoms with Crippen molar-refractivity contribution in [3.8, 4) is 5.88 Å². The molecule has 1 N–H and O–H groups in total. The van der Waals surface area contributed by atoms with Crippen molar-refractivity contribution in [2.45, 2.75) is 38.7 Å². The highest BCUT2D eigenvalue weighted by molar-refractivity contribution is 5.10. The van der Waals surface area contributed by atoms with Gasteiger partial charge in [0.15, 0.2) is 0 Å². The van der Waals surface area contributed by atoms with Gasteiger partial charge in [0.05, 0.1) is 12.2 Å². The SMILES string of the molecule is CC(C)c1nc(OCC2CCCO2)cc(=O)[nH]1. The molecule has 2 heterocycles. The molecule has 17 heavy (non-hydrogen) atoms. The van der Waals surface area contributed by atoms with Crippen molar-refractivity contribution in [1.29, 1.82) is 0 Å². The third-order valence-corrected chi connectivity index (χ3v) is 2.72. The number of ether oxygens (including phenoxy) is 2. The molecule has 1 aromatic rings. The molecule has 0 aliphatic carbocycles. The molecule has 0 saturated carbocycles. The normalized spacial score (nSPS) is 19.8. The number of hydrogen-bond donors (Lipinski definition) is 1. The van der Waals surface area contributed by atoms with Crippen LogP contribution in [0.1, 0.15) is 38.4 Å². The van der Waals surface area contributed by atoms with Crippen LogP contribution in [0.2, 0.25) is 0 Å². The lowest BCUT2D eigenvalue weighted by molar-refractivity contribution is 0.0661. The first-order valence-corrected chi connectivity index (χ1v) is 6.01. The predicted octanol–water partition coefficient (Wildman–Crippen LogP) is 1.45. The minimum absolute atomic E-state index is 0.138. The molecular formula is C12H18N2O3. The van der Waals surface area contributed by atoms with E-state index in [2.05, 4.69) is 9.97 Å². The largest absolute Gasteiger partial charge is 0.475 e. The Kier molecular flexibility index (Phi) is 3.78. The van der Waals surface area contributed by atoms with Gasteiger partial charge in [0.2, 0.25) is 5.88 Å². The second-order valence-corrected chi connectivity index (χ2v) is 4.57. The summed E-state index contributed by atoms with van der Waals surface area (Å²) in [4.78, 5) is 18.4. The number of aromatic amines is 1. The fourth-order valence-electron chi connectivity index (χ4n) is 1.75. The summed E-state index contributed by atoms with van der Waals surface area (Å²) in [6.07, 6.45) is 2.23. The Balaban J connectivity index is 2.02. The summed E-state index contributed by atoms with van der Waals surface area (Å²) in [5.74, 6) is 1.21. The number of aromatic nitrogens is 2. The maximum atomic E-state index is 11.4. The van der Waals surface area contributed by atoms with Crippen LogP contribution in [0.4, 0.5) is 0 Å². The molecule has 2 rings (SSSR count). The highest BCUT2D eigenvalue weighted by atomic mass is 16.5. The van der Waals surface area contributed by atoms with E-state index in [4.69, 9.17) is 9.47 Å². The van der Waals surface area contributed by atoms with Crippen LogP contribution in [0.5, 0.6) is 5.88 Å². The highest BCUT2D eigenvalue weighted by Crippen LogP contribution is 2.14. The standard InChI is InChI=1S/C12H18N2O3/c1-8(2)12-13-10(15)6-11(14-12)17-7-9-4-3-5-16-9/h6,8-9H,3-5,7H2,1-2H3,(H,13,14,15). The van der Waals surface area contributed by atoms with E-state index >= 15 is 0 Å². The van der Waals surface area contributed by atoms with Crippen LogP contribution in [-0.2, 0) is 4.74 Å². The predicted molar refractivity (Wildman–Crippen MR) is 63.4 cm³/mol. The first-order valence-electron chi connectivity index (χ1n) is 6.01. The van der Waals surface area contributed by atoms with Crippen molar-refractivity contribution >= 4 is 0 Å². The Morgan fingerprint density at radius 1 is 1.65 bits per heavy atom. The Morgan fingerprint density at radius 2 is 2.47 bits per heavy atom. The quantitative estimate of drug-likeness (QED) is 0.862. The Bertz CT molecular complexity index is 422. The smallest absolute Gasteiger partial charge is 0.254 e. The zero-order chi connectivity index (χ0) is 12.3. The maximum Gasteiger partial charge on any atom is 0.254 e. The minimum Gasteiger partial charge on any atom is -0.475 e. The van der Waals surface area contributed by atoms with Crippen LogP contribution in [-0.4, -0.2) is 29.3 Å². The average Bonchev–Trinajstić information content (AvgIpc) is 2.78. The number of nitrogens with zero attached hydrogens (tertiary/aromatic N) is 1. The van der Waals surface area contributed by atoms with Crippen LogP contribution in [0.3, 0.4) is 0 Å². The molecule has 1 fully saturated rings. The summed E-state index contributed by atoms with van der Waals surface area (Å²) in [6, 6.07) is 1.38. The number of hydrogen-bond acceptors (Lipinski definition) is 4. The molecule has 0 aromatic carbocycles. The summed E-state index contributed by atoms with van der Waals surface area (Å²) in [5.41, 5.74) is -0.175. The lowest BCUT2D eigenvalue weighted by atomic mass is 10.2. The van der Waals surface area contributed by atoms with Gasteiger partial charge in [-0.25, -0.2) is 0 Å². The van der Waals surface area contributed by atoms with Gasteiger partial charge in [-0.15, -0.1) is 0 Å². The summed E-state index contributed by atoms with van der Waals surface area (Å²) < 4.78 is 10.9. The molecule has 0 bridgehead atoms. The molecule has 0 amide bonds. The fourth-order valence-corrected chi connectivity index (χ4v) is 1.75. The summed E-state index contributed by atoms with van der Waals surface area (Å²) in [7, 11) is 0. The van der Waals surface area contributed by atoms with Crippen molar-refractivity contribution < 1.29 is 9.47 Å². The second-order valence-electron chi connectivity index (χ2n) is 4.57. The highest BCUT2D eigenvalue weighted by Gasteiger charge is 2.16. The molecule has 94 valence electrons. The van der Waals surface area contributed by atoms with Crippen LogP contribution in [0, 0.1) is 0 Å². The van der Waals surface area contributed by atoms with Crippen molar-refractivity contribution in [3.63, 3.8) is 0 Å². The van der Waals surface area contributed by atoms with Gasteiger partial charge in [0.25, 0.3) is 5.56 Å². The third kappa shape index (κ3) is 3.30. The fraction of sp³-hybridized carbons (Fsp3) is 0.667. The Labute approximate surface area is 100 Å². The first kappa shape index (κ1) is 12.1. The van der Waals surface area contributed by atoms with E-state index in [0.717, 1.165) is 19.4 Å². The number of nitrogens with one attached hydrogen (secondary N) is 1. The van der Waals surface area contributed by atoms with E-state index < -0.39 is 0 Å². The lowest BCUT2D eigenvalue weighted by Crippen LogP contribution is -2.19. The molecule has 5 nitrogen and oxygen atoms in total. The van der Waals surface area contributed by atoms with Gasteiger partial charge in [0.1, 0.15) is 12.4 Å². The molecule has 1 saturated heterocycles. The van der Waals surface area contributed by atoms with E-state index in [1.54, 1.807) is 0 Å². The van der Waals surface area contributed by atoms with Crippen molar-refractivity contribution in [2.24, 2.45) is 0 Å². The van der Waals surface area contributed by atoms with Crippen molar-refractivity contribution in [2.75, 3.05) is 13.2 Å². The molecular weight excluding hydrogens is 220 g/mol. The molecule has 1 aliphatic rings. The third-order valence-electron chi connectivity index (χ3n) is 2.72. The van der Waals surface area contributed by atoms with Gasteiger partial charge in [-0.3, -0.25) is 4.79 Å². The van der Waals surface area contributed by atoms with Gasteiger partial charge < -0.3 is 14.5 Å². The molecule has 1 aromatic heterocycles.